The van der Waals surface area contributed by atoms with Crippen molar-refractivity contribution < 1.29 is 18.3 Å². The Morgan fingerprint density at radius 1 is 0.493 bits per heavy atom. The smallest absolute Gasteiger partial charge is 0.245 e. The molecule has 0 bridgehead atoms. The average Bonchev–Trinajstić information content (AvgIpc) is 3.42. The fourth-order valence-corrected chi connectivity index (χ4v) is 8.68. The number of halogens is 2. The fraction of sp³-hybridized carbons (Fsp3) is 0.373. The molecule has 4 N–H and O–H groups in total. The van der Waals surface area contributed by atoms with Crippen LogP contribution in [0.4, 0.5) is 66.4 Å². The minimum Gasteiger partial charge on any atom is -0.378 e. The molecule has 2 aromatic carbocycles. The Kier molecular flexibility index (Phi) is 16.6. The largest absolute Gasteiger partial charge is 0.378 e. The molecule has 0 atom stereocenters. The van der Waals surface area contributed by atoms with Crippen LogP contribution in [0.25, 0.3) is 0 Å². The average molecular weight is 967 g/mol. The molecule has 370 valence electrons. The fourth-order valence-electron chi connectivity index (χ4n) is 8.68. The number of ether oxygens (including phenoxy) is 2. The highest BCUT2D eigenvalue weighted by molar-refractivity contribution is 5.79. The summed E-state index contributed by atoms with van der Waals surface area (Å²) in [6, 6.07) is 22.7. The van der Waals surface area contributed by atoms with Gasteiger partial charge in [0, 0.05) is 75.1 Å². The molecule has 0 unspecified atom stereocenters. The summed E-state index contributed by atoms with van der Waals surface area (Å²) in [7, 11) is 0. The second-order valence-corrected chi connectivity index (χ2v) is 17.6. The van der Waals surface area contributed by atoms with Crippen LogP contribution in [0, 0.1) is 18.6 Å². The number of hydrazone groups is 2. The van der Waals surface area contributed by atoms with Crippen LogP contribution in [0.15, 0.2) is 102 Å². The number of nitrogens with zero attached hydrogens (tertiary/aromatic N) is 12. The Morgan fingerprint density at radius 3 is 1.49 bits per heavy atom. The molecule has 0 saturated carbocycles. The van der Waals surface area contributed by atoms with Crippen molar-refractivity contribution in [2.24, 2.45) is 10.2 Å². The lowest BCUT2D eigenvalue weighted by molar-refractivity contribution is 0.122. The normalized spacial score (nSPS) is 16.4. The predicted molar refractivity (Wildman–Crippen MR) is 277 cm³/mol. The van der Waals surface area contributed by atoms with Gasteiger partial charge in [0.2, 0.25) is 11.9 Å². The molecule has 8 heterocycles. The van der Waals surface area contributed by atoms with Crippen molar-refractivity contribution in [1.29, 1.82) is 0 Å². The van der Waals surface area contributed by atoms with E-state index >= 15 is 0 Å². The van der Waals surface area contributed by atoms with E-state index < -0.39 is 11.6 Å². The van der Waals surface area contributed by atoms with E-state index in [1.54, 1.807) is 24.8 Å². The van der Waals surface area contributed by atoms with E-state index in [0.29, 0.717) is 64.0 Å². The molecule has 0 aliphatic carbocycles. The Hall–Kier alpha value is -7.58. The number of hydrogen-bond acceptors (Lipinski definition) is 18. The SMILES string of the molecule is Cc1cc(Nc2ccc(/C=N\Nc3ncc(F)c(N4CCOCC4)n3)nc2)cc(N2CCCCC2)c1.Fc1cnc(N/N=C\c2ccc(Nc3cccc(N4CCCCC4)c3)cn2)nc1N1CCOCC1. The van der Waals surface area contributed by atoms with Gasteiger partial charge in [-0.25, -0.2) is 29.6 Å². The van der Waals surface area contributed by atoms with Crippen LogP contribution in [-0.2, 0) is 9.47 Å². The molecular weight excluding hydrogens is 907 g/mol. The zero-order chi connectivity index (χ0) is 48.6. The summed E-state index contributed by atoms with van der Waals surface area (Å²) < 4.78 is 39.0. The highest BCUT2D eigenvalue weighted by Gasteiger charge is 2.20. The van der Waals surface area contributed by atoms with Gasteiger partial charge in [-0.3, -0.25) is 9.97 Å². The van der Waals surface area contributed by atoms with Gasteiger partial charge >= 0.3 is 0 Å². The molecule has 6 aromatic rings. The maximum atomic E-state index is 14.2. The Labute approximate surface area is 412 Å². The molecule has 0 radical (unpaired) electrons. The number of benzene rings is 2. The molecule has 71 heavy (non-hydrogen) atoms. The van der Waals surface area contributed by atoms with Gasteiger partial charge in [0.05, 0.1) is 86.4 Å². The molecule has 0 amide bonds. The maximum Gasteiger partial charge on any atom is 0.245 e. The Balaban J connectivity index is 0.000000176. The number of pyridine rings is 2. The monoisotopic (exact) mass is 967 g/mol. The van der Waals surface area contributed by atoms with E-state index in [1.807, 2.05) is 34.1 Å². The third kappa shape index (κ3) is 13.8. The van der Waals surface area contributed by atoms with Crippen molar-refractivity contribution in [3.63, 3.8) is 0 Å². The van der Waals surface area contributed by atoms with Crippen LogP contribution in [0.2, 0.25) is 0 Å². The molecule has 4 aromatic heterocycles. The molecule has 10 rings (SSSR count). The van der Waals surface area contributed by atoms with Crippen molar-refractivity contribution in [2.45, 2.75) is 45.4 Å². The second-order valence-electron chi connectivity index (χ2n) is 17.6. The van der Waals surface area contributed by atoms with E-state index in [2.05, 4.69) is 121 Å². The van der Waals surface area contributed by atoms with Crippen molar-refractivity contribution >= 4 is 70.1 Å². The zero-order valence-corrected chi connectivity index (χ0v) is 40.0. The molecule has 4 saturated heterocycles. The molecule has 0 spiro atoms. The first-order valence-electron chi connectivity index (χ1n) is 24.3. The Morgan fingerprint density at radius 2 is 0.986 bits per heavy atom. The van der Waals surface area contributed by atoms with Crippen LogP contribution in [0.1, 0.15) is 55.5 Å². The first-order valence-corrected chi connectivity index (χ1v) is 24.3. The molecule has 18 nitrogen and oxygen atoms in total. The van der Waals surface area contributed by atoms with Crippen LogP contribution in [0.5, 0.6) is 0 Å². The van der Waals surface area contributed by atoms with E-state index in [-0.39, 0.29) is 23.5 Å². The minimum atomic E-state index is -0.465. The summed E-state index contributed by atoms with van der Waals surface area (Å²) in [6.07, 6.45) is 16.6. The van der Waals surface area contributed by atoms with E-state index in [4.69, 9.17) is 9.47 Å². The Bertz CT molecular complexity index is 2710. The standard InChI is InChI=1S/C26H31FN8O.C25H29FN8O/c1-19-13-22(15-23(14-19)34-7-3-2-4-8-34)31-21-6-5-20(28-16-21)17-30-33-26-29-18-24(27)25(32-26)35-9-11-36-12-10-35;26-23-18-28-25(31-24(23)34-11-13-35-14-12-34)32-29-17-20-7-8-21(16-27-20)30-19-5-4-6-22(15-19)33-9-2-1-3-10-33/h5-6,13-18,31H,2-4,7-12H2,1H3,(H,29,32,33);4-8,15-18,30H,1-3,9-14H2,(H,28,31,32)/b30-17-;29-17-. The third-order valence-corrected chi connectivity index (χ3v) is 12.3. The van der Waals surface area contributed by atoms with Crippen molar-refractivity contribution in [3.05, 3.63) is 120 Å². The highest BCUT2D eigenvalue weighted by atomic mass is 19.1. The van der Waals surface area contributed by atoms with Gasteiger partial charge in [-0.1, -0.05) is 6.07 Å². The molecule has 4 aliphatic heterocycles. The maximum absolute atomic E-state index is 14.2. The number of nitrogens with one attached hydrogen (secondary N) is 4. The number of rotatable bonds is 14. The lowest BCUT2D eigenvalue weighted by Gasteiger charge is -2.29. The first kappa shape index (κ1) is 48.4. The highest BCUT2D eigenvalue weighted by Crippen LogP contribution is 2.28. The van der Waals surface area contributed by atoms with Gasteiger partial charge in [-0.05, 0) is 112 Å². The number of piperidine rings is 2. The summed E-state index contributed by atoms with van der Waals surface area (Å²) in [5.41, 5.74) is 14.4. The lowest BCUT2D eigenvalue weighted by Crippen LogP contribution is -2.37. The van der Waals surface area contributed by atoms with E-state index in [0.717, 1.165) is 61.3 Å². The van der Waals surface area contributed by atoms with Crippen LogP contribution < -0.4 is 41.1 Å². The van der Waals surface area contributed by atoms with Crippen molar-refractivity contribution in [2.75, 3.05) is 120 Å². The molecule has 4 aliphatic rings. The molecular formula is C51H60F2N16O2. The summed E-state index contributed by atoms with van der Waals surface area (Å²) in [6.45, 7) is 11.1. The third-order valence-electron chi connectivity index (χ3n) is 12.3. The number of morpholine rings is 2. The van der Waals surface area contributed by atoms with Crippen molar-refractivity contribution in [1.82, 2.24) is 29.9 Å². The van der Waals surface area contributed by atoms with Gasteiger partial charge in [0.25, 0.3) is 0 Å². The minimum absolute atomic E-state index is 0.219. The van der Waals surface area contributed by atoms with Gasteiger partial charge in [-0.2, -0.15) is 20.2 Å². The quantitative estimate of drug-likeness (QED) is 0.0603. The van der Waals surface area contributed by atoms with Gasteiger partial charge in [0.1, 0.15) is 0 Å². The molecule has 20 heteroatoms. The summed E-state index contributed by atoms with van der Waals surface area (Å²) in [5.74, 6) is 0.00551. The molecule has 4 fully saturated rings. The van der Waals surface area contributed by atoms with Gasteiger partial charge in [-0.15, -0.1) is 0 Å². The lowest BCUT2D eigenvalue weighted by atomic mass is 10.1. The summed E-state index contributed by atoms with van der Waals surface area (Å²) >= 11 is 0. The number of anilines is 10. The second kappa shape index (κ2) is 24.3. The van der Waals surface area contributed by atoms with Gasteiger partial charge < -0.3 is 39.7 Å². The topological polar surface area (TPSA) is 182 Å². The number of aromatic nitrogens is 6. The predicted octanol–water partition coefficient (Wildman–Crippen LogP) is 8.36. The van der Waals surface area contributed by atoms with Gasteiger partial charge in [0.15, 0.2) is 23.3 Å². The zero-order valence-electron chi connectivity index (χ0n) is 40.0. The van der Waals surface area contributed by atoms with Crippen LogP contribution in [0.3, 0.4) is 0 Å². The van der Waals surface area contributed by atoms with Crippen LogP contribution in [-0.4, -0.2) is 121 Å². The van der Waals surface area contributed by atoms with E-state index in [1.165, 1.54) is 55.5 Å². The summed E-state index contributed by atoms with van der Waals surface area (Å²) in [4.78, 5) is 33.9. The van der Waals surface area contributed by atoms with Crippen molar-refractivity contribution in [3.8, 4) is 0 Å². The number of aryl methyl sites for hydroxylation is 1. The number of hydrogen-bond donors (Lipinski definition) is 4. The van der Waals surface area contributed by atoms with E-state index in [9.17, 15) is 8.78 Å². The summed E-state index contributed by atoms with van der Waals surface area (Å²) in [5, 5.41) is 15.2. The van der Waals surface area contributed by atoms with Crippen LogP contribution >= 0.6 is 0 Å². The first-order chi connectivity index (χ1) is 34.9.